The summed E-state index contributed by atoms with van der Waals surface area (Å²) in [6, 6.07) is 7.22. The molecule has 0 atom stereocenters. The van der Waals surface area contributed by atoms with Gasteiger partial charge in [0.2, 0.25) is 10.0 Å². The predicted molar refractivity (Wildman–Crippen MR) is 68.2 cm³/mol. The van der Waals surface area contributed by atoms with Crippen molar-refractivity contribution in [3.05, 3.63) is 30.1 Å². The smallest absolute Gasteiger partial charge is 0.207 e. The van der Waals surface area contributed by atoms with E-state index in [1.54, 1.807) is 0 Å². The molecule has 0 unspecified atom stereocenters. The van der Waals surface area contributed by atoms with E-state index in [2.05, 4.69) is 10.8 Å². The Morgan fingerprint density at radius 3 is 2.42 bits per heavy atom. The summed E-state index contributed by atoms with van der Waals surface area (Å²) in [5.74, 6) is -0.807. The Balaban J connectivity index is 2.31. The van der Waals surface area contributed by atoms with Crippen LogP contribution in [0.5, 0.6) is 0 Å². The zero-order valence-electron chi connectivity index (χ0n) is 10.4. The number of rotatable bonds is 3. The van der Waals surface area contributed by atoms with Gasteiger partial charge in [0.25, 0.3) is 0 Å². The number of nitrogens with zero attached hydrogens (tertiary/aromatic N) is 1. The lowest BCUT2D eigenvalue weighted by Crippen LogP contribution is -2.48. The molecule has 0 radical (unpaired) electrons. The highest BCUT2D eigenvalue weighted by Gasteiger charge is 2.37. The molecule has 1 aromatic rings. The lowest BCUT2D eigenvalue weighted by Gasteiger charge is -2.31. The van der Waals surface area contributed by atoms with E-state index < -0.39 is 26.3 Å². The lowest BCUT2D eigenvalue weighted by atomic mass is 9.84. The van der Waals surface area contributed by atoms with Gasteiger partial charge >= 0.3 is 0 Å². The van der Waals surface area contributed by atoms with Crippen LogP contribution in [0.4, 0.5) is 4.39 Å². The van der Waals surface area contributed by atoms with E-state index in [4.69, 9.17) is 0 Å². The van der Waals surface area contributed by atoms with Crippen LogP contribution < -0.4 is 4.72 Å². The van der Waals surface area contributed by atoms with Crippen LogP contribution in [0, 0.1) is 17.1 Å². The van der Waals surface area contributed by atoms with Gasteiger partial charge in [-0.25, -0.2) is 12.8 Å². The normalized spacial score (nSPS) is 18.7. The molecule has 4 nitrogen and oxygen atoms in total. The average Bonchev–Trinajstić information content (AvgIpc) is 2.39. The first-order valence-electron chi connectivity index (χ1n) is 6.19. The van der Waals surface area contributed by atoms with Crippen LogP contribution in [0.1, 0.15) is 32.1 Å². The average molecular weight is 282 g/mol. The van der Waals surface area contributed by atoms with Crippen molar-refractivity contribution >= 4 is 10.0 Å². The summed E-state index contributed by atoms with van der Waals surface area (Å²) in [6.07, 6.45) is 3.53. The van der Waals surface area contributed by atoms with Crippen molar-refractivity contribution in [1.29, 1.82) is 5.26 Å². The highest BCUT2D eigenvalue weighted by molar-refractivity contribution is 7.89. The van der Waals surface area contributed by atoms with Gasteiger partial charge in [-0.15, -0.1) is 0 Å². The molecule has 0 aromatic heterocycles. The van der Waals surface area contributed by atoms with Crippen molar-refractivity contribution in [3.8, 4) is 6.07 Å². The van der Waals surface area contributed by atoms with Crippen LogP contribution in [0.2, 0.25) is 0 Å². The molecule has 0 bridgehead atoms. The molecule has 0 heterocycles. The summed E-state index contributed by atoms with van der Waals surface area (Å²) < 4.78 is 40.3. The van der Waals surface area contributed by atoms with Gasteiger partial charge in [0.05, 0.1) is 6.07 Å². The largest absolute Gasteiger partial charge is 0.244 e. The van der Waals surface area contributed by atoms with Crippen LogP contribution >= 0.6 is 0 Å². The van der Waals surface area contributed by atoms with Crippen molar-refractivity contribution < 1.29 is 12.8 Å². The highest BCUT2D eigenvalue weighted by Crippen LogP contribution is 2.29. The Morgan fingerprint density at radius 1 is 1.21 bits per heavy atom. The maximum absolute atomic E-state index is 13.6. The summed E-state index contributed by atoms with van der Waals surface area (Å²) >= 11 is 0. The van der Waals surface area contributed by atoms with Crippen LogP contribution in [0.15, 0.2) is 29.2 Å². The van der Waals surface area contributed by atoms with Gasteiger partial charge in [-0.2, -0.15) is 9.98 Å². The molecule has 1 aliphatic carbocycles. The Hall–Kier alpha value is -1.45. The molecule has 0 saturated heterocycles. The number of hydrogen-bond donors (Lipinski definition) is 1. The summed E-state index contributed by atoms with van der Waals surface area (Å²) in [5, 5.41) is 9.25. The molecular formula is C13H15FN2O2S. The molecule has 0 spiro atoms. The standard InChI is InChI=1S/C13H15FN2O2S/c14-11-6-2-3-7-12(11)19(17,18)16-13(10-15)8-4-1-5-9-13/h2-3,6-7,16H,1,4-5,8-9H2. The van der Waals surface area contributed by atoms with E-state index in [0.29, 0.717) is 12.8 Å². The second-order valence-electron chi connectivity index (χ2n) is 4.79. The molecule has 0 aliphatic heterocycles. The molecule has 1 aromatic carbocycles. The second-order valence-corrected chi connectivity index (χ2v) is 6.44. The quantitative estimate of drug-likeness (QED) is 0.925. The van der Waals surface area contributed by atoms with Gasteiger partial charge in [-0.3, -0.25) is 0 Å². The molecule has 1 N–H and O–H groups in total. The number of halogens is 1. The van der Waals surface area contributed by atoms with Gasteiger partial charge in [0, 0.05) is 0 Å². The Labute approximate surface area is 112 Å². The third-order valence-electron chi connectivity index (χ3n) is 3.38. The first-order valence-corrected chi connectivity index (χ1v) is 7.67. The molecule has 1 saturated carbocycles. The van der Waals surface area contributed by atoms with E-state index in [1.165, 1.54) is 18.2 Å². The second kappa shape index (κ2) is 5.27. The fraction of sp³-hybridized carbons (Fsp3) is 0.462. The number of benzene rings is 1. The molecule has 6 heteroatoms. The minimum atomic E-state index is -4.01. The molecular weight excluding hydrogens is 267 g/mol. The Bertz CT molecular complexity index is 601. The Kier molecular flexibility index (Phi) is 3.88. The number of sulfonamides is 1. The fourth-order valence-electron chi connectivity index (χ4n) is 2.37. The van der Waals surface area contributed by atoms with E-state index >= 15 is 0 Å². The van der Waals surface area contributed by atoms with Crippen molar-refractivity contribution in [1.82, 2.24) is 4.72 Å². The predicted octanol–water partition coefficient (Wildman–Crippen LogP) is 2.33. The Morgan fingerprint density at radius 2 is 1.84 bits per heavy atom. The highest BCUT2D eigenvalue weighted by atomic mass is 32.2. The van der Waals surface area contributed by atoms with Crippen molar-refractivity contribution in [3.63, 3.8) is 0 Å². The van der Waals surface area contributed by atoms with Gasteiger partial charge < -0.3 is 0 Å². The molecule has 1 aliphatic rings. The van der Waals surface area contributed by atoms with Crippen LogP contribution in [-0.4, -0.2) is 14.0 Å². The van der Waals surface area contributed by atoms with Crippen LogP contribution in [-0.2, 0) is 10.0 Å². The lowest BCUT2D eigenvalue weighted by molar-refractivity contribution is 0.337. The number of hydrogen-bond acceptors (Lipinski definition) is 3. The van der Waals surface area contributed by atoms with E-state index in [9.17, 15) is 18.1 Å². The topological polar surface area (TPSA) is 70.0 Å². The molecule has 1 fully saturated rings. The molecule has 0 amide bonds. The van der Waals surface area contributed by atoms with E-state index in [1.807, 2.05) is 0 Å². The van der Waals surface area contributed by atoms with Crippen molar-refractivity contribution in [2.45, 2.75) is 42.5 Å². The van der Waals surface area contributed by atoms with Gasteiger partial charge in [0.1, 0.15) is 16.3 Å². The van der Waals surface area contributed by atoms with E-state index in [0.717, 1.165) is 25.3 Å². The van der Waals surface area contributed by atoms with Gasteiger partial charge in [-0.05, 0) is 25.0 Å². The maximum atomic E-state index is 13.6. The van der Waals surface area contributed by atoms with Crippen molar-refractivity contribution in [2.75, 3.05) is 0 Å². The SMILES string of the molecule is N#CC1(NS(=O)(=O)c2ccccc2F)CCCCC1. The molecule has 2 rings (SSSR count). The third kappa shape index (κ3) is 2.94. The minimum absolute atomic E-state index is 0.407. The zero-order chi connectivity index (χ0) is 13.9. The van der Waals surface area contributed by atoms with E-state index in [-0.39, 0.29) is 0 Å². The maximum Gasteiger partial charge on any atom is 0.244 e. The van der Waals surface area contributed by atoms with Crippen LogP contribution in [0.25, 0.3) is 0 Å². The van der Waals surface area contributed by atoms with Crippen LogP contribution in [0.3, 0.4) is 0 Å². The zero-order valence-corrected chi connectivity index (χ0v) is 11.2. The minimum Gasteiger partial charge on any atom is -0.207 e. The first kappa shape index (κ1) is 14.0. The monoisotopic (exact) mass is 282 g/mol. The molecule has 19 heavy (non-hydrogen) atoms. The molecule has 102 valence electrons. The number of nitrogens with one attached hydrogen (secondary N) is 1. The third-order valence-corrected chi connectivity index (χ3v) is 4.95. The first-order chi connectivity index (χ1) is 8.99. The summed E-state index contributed by atoms with van der Waals surface area (Å²) in [5.41, 5.74) is -1.10. The summed E-state index contributed by atoms with van der Waals surface area (Å²) in [6.45, 7) is 0. The summed E-state index contributed by atoms with van der Waals surface area (Å²) in [7, 11) is -4.01. The van der Waals surface area contributed by atoms with Gasteiger partial charge in [-0.1, -0.05) is 31.4 Å². The summed E-state index contributed by atoms with van der Waals surface area (Å²) in [4.78, 5) is -0.407. The fourth-order valence-corrected chi connectivity index (χ4v) is 3.82. The van der Waals surface area contributed by atoms with Crippen molar-refractivity contribution in [2.24, 2.45) is 0 Å². The number of nitriles is 1. The van der Waals surface area contributed by atoms with Gasteiger partial charge in [0.15, 0.2) is 0 Å².